The summed E-state index contributed by atoms with van der Waals surface area (Å²) < 4.78 is 223. The van der Waals surface area contributed by atoms with E-state index in [0.29, 0.717) is 0 Å². The van der Waals surface area contributed by atoms with Gasteiger partial charge in [0.15, 0.2) is 0 Å². The largest absolute Gasteiger partial charge is 0.0636 e. The van der Waals surface area contributed by atoms with Crippen molar-refractivity contribution in [2.45, 2.75) is 0 Å². The van der Waals surface area contributed by atoms with E-state index in [0.717, 1.165) is 6.07 Å². The molecule has 8 aromatic rings. The average Bonchev–Trinajstić information content (AvgIpc) is 3.27. The minimum absolute atomic E-state index is 0.318. The molecule has 0 radical (unpaired) electrons. The van der Waals surface area contributed by atoms with E-state index in [2.05, 4.69) is 0 Å². The molecule has 0 unspecified atom stereocenters. The SMILES string of the molecule is [2H]c1cc2c([2H])c([2H])c([2H])c(-c3c([2H])c([2H])c([2H])c(-c4c5c([2H])c([2H])c([2H])c([2H])c5c(-c5c([2H])c([2H])c([2H])c6c([2H])c([2H])c([2H])c([2H])c56)c5c([2H])c([2H])c([2H])c([2H])c45)c3[2H])c2c([2H])c1[2H]. The van der Waals surface area contributed by atoms with E-state index < -0.39 is 222 Å². The molecule has 0 aliphatic heterocycles. The molecule has 0 amide bonds. The molecule has 8 aromatic carbocycles. The number of hydrogen-bond donors (Lipinski definition) is 0. The van der Waals surface area contributed by atoms with Crippen molar-refractivity contribution in [2.75, 3.05) is 0 Å². The van der Waals surface area contributed by atoms with Gasteiger partial charge in [-0.2, -0.15) is 0 Å². The highest BCUT2D eigenvalue weighted by Gasteiger charge is 2.18. The van der Waals surface area contributed by atoms with Crippen molar-refractivity contribution >= 4 is 43.1 Å². The summed E-state index contributed by atoms with van der Waals surface area (Å²) in [7, 11) is 0. The molecule has 0 N–H and O–H groups in total. The van der Waals surface area contributed by atoms with Crippen molar-refractivity contribution in [3.8, 4) is 33.4 Å². The van der Waals surface area contributed by atoms with Crippen LogP contribution in [0.5, 0.6) is 0 Å². The first-order chi connectivity index (χ1) is 30.3. The Morgan fingerprint density at radius 1 is 0.325 bits per heavy atom. The van der Waals surface area contributed by atoms with Gasteiger partial charge >= 0.3 is 0 Å². The third-order valence-electron chi connectivity index (χ3n) is 6.44. The highest BCUT2D eigenvalue weighted by molar-refractivity contribution is 6.23. The maximum atomic E-state index is 9.76. The second-order valence-corrected chi connectivity index (χ2v) is 8.58. The van der Waals surface area contributed by atoms with E-state index in [1.165, 1.54) is 0 Å². The average molecular weight is 532 g/mol. The number of benzene rings is 8. The van der Waals surface area contributed by atoms with Crippen LogP contribution < -0.4 is 0 Å². The molecule has 0 aliphatic carbocycles. The molecule has 186 valence electrons. The maximum absolute atomic E-state index is 9.76. The summed E-state index contributed by atoms with van der Waals surface area (Å²) >= 11 is 0. The highest BCUT2D eigenvalue weighted by Crippen LogP contribution is 2.45. The van der Waals surface area contributed by atoms with Crippen molar-refractivity contribution < 1.29 is 34.3 Å². The lowest BCUT2D eigenvalue weighted by molar-refractivity contribution is 1.63. The number of fused-ring (bicyclic) bond motifs is 4. The molecule has 8 rings (SSSR count). The fraction of sp³-hybridized carbons (Fsp3) is 0. The molecule has 0 fully saturated rings. The first-order valence-electron chi connectivity index (χ1n) is 24.3. The summed E-state index contributed by atoms with van der Waals surface area (Å²) in [5, 5.41) is -4.88. The molecule has 0 spiro atoms. The first kappa shape index (κ1) is 8.91. The fourth-order valence-electron chi connectivity index (χ4n) is 4.77. The van der Waals surface area contributed by atoms with Crippen LogP contribution in [0.4, 0.5) is 0 Å². The Morgan fingerprint density at radius 2 is 0.800 bits per heavy atom. The molecule has 0 saturated carbocycles. The monoisotopic (exact) mass is 531 g/mol. The van der Waals surface area contributed by atoms with Gasteiger partial charge in [0.25, 0.3) is 0 Å². The van der Waals surface area contributed by atoms with E-state index in [1.54, 1.807) is 0 Å². The lowest BCUT2D eigenvalue weighted by Crippen LogP contribution is -1.92. The van der Waals surface area contributed by atoms with Crippen molar-refractivity contribution in [1.29, 1.82) is 0 Å². The van der Waals surface area contributed by atoms with Crippen LogP contribution in [-0.4, -0.2) is 0 Å². The molecule has 0 heterocycles. The van der Waals surface area contributed by atoms with Crippen LogP contribution >= 0.6 is 0 Å². The minimum Gasteiger partial charge on any atom is -0.0616 e. The van der Waals surface area contributed by atoms with Crippen LogP contribution in [0.25, 0.3) is 76.5 Å². The Hall–Kier alpha value is -5.20. The number of hydrogen-bond acceptors (Lipinski definition) is 0. The van der Waals surface area contributed by atoms with Gasteiger partial charge in [-0.3, -0.25) is 0 Å². The standard InChI is InChI=1S/C40H26/c1-3-18-31-27(12-1)14-10-24-33(31)29-16-9-17-30(26-29)39-35-20-5-7-22-37(35)40(38-23-8-6-21-36(38)39)34-25-11-15-28-13-2-4-19-32(28)34/h1-26H/i1D,2D,3D,4D,5D,6D,7D,8D,9D,10D,11D,13D,14D,15D,16D,17D,18D,19D,20D,21D,22D,23D,24D,25D,26D. The Balaban J connectivity index is 1.76. The summed E-state index contributed by atoms with van der Waals surface area (Å²) in [4.78, 5) is 0. The molecular weight excluding hydrogens is 480 g/mol. The Kier molecular flexibility index (Phi) is 2.05. The van der Waals surface area contributed by atoms with Crippen LogP contribution in [0, 0.1) is 0 Å². The summed E-state index contributed by atoms with van der Waals surface area (Å²) in [6.07, 6.45) is 0. The summed E-state index contributed by atoms with van der Waals surface area (Å²) in [5.74, 6) is 0. The molecule has 0 nitrogen and oxygen atoms in total. The second-order valence-electron chi connectivity index (χ2n) is 8.58. The summed E-state index contributed by atoms with van der Waals surface area (Å²) in [6, 6.07) is -21.4. The van der Waals surface area contributed by atoms with Gasteiger partial charge in [0.2, 0.25) is 0 Å². The second kappa shape index (κ2) is 9.22. The quantitative estimate of drug-likeness (QED) is 0.199. The van der Waals surface area contributed by atoms with Crippen molar-refractivity contribution in [3.63, 3.8) is 0 Å². The van der Waals surface area contributed by atoms with Gasteiger partial charge in [0.05, 0.1) is 34.3 Å². The van der Waals surface area contributed by atoms with Crippen molar-refractivity contribution in [2.24, 2.45) is 0 Å². The third-order valence-corrected chi connectivity index (χ3v) is 6.44. The van der Waals surface area contributed by atoms with Crippen molar-refractivity contribution in [3.05, 3.63) is 157 Å². The van der Waals surface area contributed by atoms with E-state index >= 15 is 0 Å². The van der Waals surface area contributed by atoms with Gasteiger partial charge in [-0.05, 0) is 82.5 Å². The van der Waals surface area contributed by atoms with Crippen LogP contribution in [0.2, 0.25) is 0 Å². The predicted molar refractivity (Wildman–Crippen MR) is 173 cm³/mol. The highest BCUT2D eigenvalue weighted by atomic mass is 14.2. The topological polar surface area (TPSA) is 0 Å². The van der Waals surface area contributed by atoms with Crippen LogP contribution in [0.1, 0.15) is 34.3 Å². The van der Waals surface area contributed by atoms with Gasteiger partial charge < -0.3 is 0 Å². The zero-order valence-electron chi connectivity index (χ0n) is 45.1. The lowest BCUT2D eigenvalue weighted by atomic mass is 9.84. The molecule has 40 heavy (non-hydrogen) atoms. The smallest absolute Gasteiger partial charge is 0.0616 e. The lowest BCUT2D eigenvalue weighted by Gasteiger charge is -2.19. The van der Waals surface area contributed by atoms with Gasteiger partial charge in [-0.25, -0.2) is 0 Å². The van der Waals surface area contributed by atoms with E-state index in [9.17, 15) is 9.60 Å². The predicted octanol–water partition coefficient (Wildman–Crippen LogP) is 11.3. The minimum atomic E-state index is -1.03. The van der Waals surface area contributed by atoms with Crippen LogP contribution in [0.3, 0.4) is 0 Å². The van der Waals surface area contributed by atoms with E-state index in [-0.39, 0.29) is 5.39 Å². The number of rotatable bonds is 3. The fourth-order valence-corrected chi connectivity index (χ4v) is 4.77. The van der Waals surface area contributed by atoms with Crippen LogP contribution in [-0.2, 0) is 0 Å². The maximum Gasteiger partial charge on any atom is 0.0636 e. The third kappa shape index (κ3) is 3.54. The van der Waals surface area contributed by atoms with Gasteiger partial charge in [-0.1, -0.05) is 151 Å². The molecule has 0 aromatic heterocycles. The molecule has 0 aliphatic rings. The molecular formula is C40H26. The van der Waals surface area contributed by atoms with Gasteiger partial charge in [0, 0.05) is 0 Å². The Labute approximate surface area is 268 Å². The Morgan fingerprint density at radius 3 is 1.52 bits per heavy atom. The molecule has 0 heteroatoms. The molecule has 0 saturated heterocycles. The van der Waals surface area contributed by atoms with Gasteiger partial charge in [0.1, 0.15) is 0 Å². The normalized spacial score (nSPS) is 20.2. The summed E-state index contributed by atoms with van der Waals surface area (Å²) in [5.41, 5.74) is -4.33. The van der Waals surface area contributed by atoms with E-state index in [1.807, 2.05) is 0 Å². The van der Waals surface area contributed by atoms with Crippen LogP contribution in [0.15, 0.2) is 157 Å². The molecule has 0 atom stereocenters. The first-order valence-corrected chi connectivity index (χ1v) is 11.8. The zero-order chi connectivity index (χ0) is 48.2. The zero-order valence-corrected chi connectivity index (χ0v) is 20.1. The summed E-state index contributed by atoms with van der Waals surface area (Å²) in [6.45, 7) is 0. The van der Waals surface area contributed by atoms with E-state index in [4.69, 9.17) is 24.7 Å². The van der Waals surface area contributed by atoms with Crippen molar-refractivity contribution in [1.82, 2.24) is 0 Å². The Bertz CT molecular complexity index is 3510. The van der Waals surface area contributed by atoms with Gasteiger partial charge in [-0.15, -0.1) is 0 Å². The molecule has 0 bridgehead atoms.